The van der Waals surface area contributed by atoms with Gasteiger partial charge in [0.2, 0.25) is 5.91 Å². The Morgan fingerprint density at radius 2 is 2.15 bits per heavy atom. The van der Waals surface area contributed by atoms with E-state index < -0.39 is 18.0 Å². The van der Waals surface area contributed by atoms with Crippen molar-refractivity contribution in [3.63, 3.8) is 0 Å². The summed E-state index contributed by atoms with van der Waals surface area (Å²) in [7, 11) is 0. The minimum atomic E-state index is -1.12. The minimum Gasteiger partial charge on any atom is -0.480 e. The lowest BCUT2D eigenvalue weighted by molar-refractivity contribution is -0.144. The number of carbonyl (C=O) groups is 3. The number of likely N-dealkylation sites (tertiary alicyclic amines) is 1. The average molecular weight is 285 g/mol. The Hall–Kier alpha value is -1.83. The zero-order valence-corrected chi connectivity index (χ0v) is 11.1. The molecule has 112 valence electrons. The molecule has 2 saturated heterocycles. The molecule has 2 aliphatic heterocycles. The number of aliphatic hydroxyl groups excluding tert-OH is 1. The van der Waals surface area contributed by atoms with Crippen LogP contribution in [0.1, 0.15) is 12.8 Å². The summed E-state index contributed by atoms with van der Waals surface area (Å²) in [6, 6.07) is -1.43. The van der Waals surface area contributed by atoms with E-state index in [1.54, 1.807) is 4.90 Å². The molecule has 0 aliphatic carbocycles. The Labute approximate surface area is 116 Å². The van der Waals surface area contributed by atoms with Crippen LogP contribution in [0.25, 0.3) is 0 Å². The summed E-state index contributed by atoms with van der Waals surface area (Å²) in [6.45, 7) is 0.832. The smallest absolute Gasteiger partial charge is 0.328 e. The predicted octanol–water partition coefficient (Wildman–Crippen LogP) is -1.30. The summed E-state index contributed by atoms with van der Waals surface area (Å²) < 4.78 is 0. The van der Waals surface area contributed by atoms with Gasteiger partial charge >= 0.3 is 12.0 Å². The third-order valence-corrected chi connectivity index (χ3v) is 3.81. The van der Waals surface area contributed by atoms with Crippen molar-refractivity contribution >= 4 is 17.9 Å². The van der Waals surface area contributed by atoms with Crippen LogP contribution in [0, 0.1) is 5.92 Å². The normalized spacial score (nSPS) is 26.6. The first-order valence-electron chi connectivity index (χ1n) is 6.69. The van der Waals surface area contributed by atoms with Crippen molar-refractivity contribution in [2.75, 3.05) is 32.8 Å². The molecular weight excluding hydrogens is 266 g/mol. The van der Waals surface area contributed by atoms with E-state index in [9.17, 15) is 14.4 Å². The molecule has 2 heterocycles. The number of aliphatic hydroxyl groups is 1. The van der Waals surface area contributed by atoms with Crippen molar-refractivity contribution in [3.8, 4) is 0 Å². The molecule has 0 aromatic carbocycles. The van der Waals surface area contributed by atoms with E-state index in [0.717, 1.165) is 11.3 Å². The van der Waals surface area contributed by atoms with Crippen LogP contribution in [0.15, 0.2) is 0 Å². The fourth-order valence-corrected chi connectivity index (χ4v) is 2.67. The number of amides is 3. The van der Waals surface area contributed by atoms with E-state index in [1.807, 2.05) is 0 Å². The highest BCUT2D eigenvalue weighted by atomic mass is 16.4. The molecule has 8 heteroatoms. The Morgan fingerprint density at radius 1 is 1.40 bits per heavy atom. The largest absolute Gasteiger partial charge is 0.480 e. The fraction of sp³-hybridized carbons (Fsp3) is 0.750. The molecule has 2 aliphatic rings. The van der Waals surface area contributed by atoms with Crippen molar-refractivity contribution in [3.05, 3.63) is 0 Å². The maximum atomic E-state index is 12.4. The van der Waals surface area contributed by atoms with Crippen LogP contribution in [0.3, 0.4) is 0 Å². The van der Waals surface area contributed by atoms with Crippen LogP contribution < -0.4 is 5.32 Å². The first kappa shape index (κ1) is 14.6. The molecule has 0 saturated carbocycles. The van der Waals surface area contributed by atoms with Gasteiger partial charge in [0.15, 0.2) is 0 Å². The number of carboxylic acids is 1. The van der Waals surface area contributed by atoms with Crippen molar-refractivity contribution < 1.29 is 24.6 Å². The molecule has 2 atom stereocenters. The topological polar surface area (TPSA) is 110 Å². The van der Waals surface area contributed by atoms with Crippen LogP contribution in [0.4, 0.5) is 4.79 Å². The van der Waals surface area contributed by atoms with Gasteiger partial charge in [-0.15, -0.1) is 0 Å². The SMILES string of the molecule is O=C1CN(C(=O)N2CCC(CCO)C2)C(C(=O)O)CN1. The molecule has 2 rings (SSSR count). The number of aliphatic carboxylic acids is 1. The number of carbonyl (C=O) groups excluding carboxylic acids is 2. The lowest BCUT2D eigenvalue weighted by atomic mass is 10.1. The molecule has 0 spiro atoms. The fourth-order valence-electron chi connectivity index (χ4n) is 2.67. The van der Waals surface area contributed by atoms with Crippen molar-refractivity contribution in [1.82, 2.24) is 15.1 Å². The number of hydrogen-bond donors (Lipinski definition) is 3. The number of hydrogen-bond acceptors (Lipinski definition) is 4. The number of rotatable bonds is 3. The van der Waals surface area contributed by atoms with Gasteiger partial charge < -0.3 is 20.4 Å². The molecule has 8 nitrogen and oxygen atoms in total. The van der Waals surface area contributed by atoms with Gasteiger partial charge in [0.1, 0.15) is 12.6 Å². The van der Waals surface area contributed by atoms with E-state index in [2.05, 4.69) is 5.32 Å². The standard InChI is InChI=1S/C12H19N3O5/c16-4-2-8-1-3-14(6-8)12(20)15-7-10(17)13-5-9(15)11(18)19/h8-9,16H,1-7H2,(H,13,17)(H,18,19). The van der Waals surface area contributed by atoms with E-state index in [1.165, 1.54) is 0 Å². The number of nitrogens with zero attached hydrogens (tertiary/aromatic N) is 2. The summed E-state index contributed by atoms with van der Waals surface area (Å²) in [5, 5.41) is 20.5. The molecular formula is C12H19N3O5. The van der Waals surface area contributed by atoms with E-state index in [4.69, 9.17) is 10.2 Å². The first-order valence-corrected chi connectivity index (χ1v) is 6.69. The van der Waals surface area contributed by atoms with Gasteiger partial charge in [0, 0.05) is 26.2 Å². The maximum absolute atomic E-state index is 12.4. The molecule has 20 heavy (non-hydrogen) atoms. The van der Waals surface area contributed by atoms with Crippen LogP contribution in [-0.2, 0) is 9.59 Å². The quantitative estimate of drug-likeness (QED) is 0.597. The Kier molecular flexibility index (Phi) is 4.43. The van der Waals surface area contributed by atoms with Crippen molar-refractivity contribution in [2.45, 2.75) is 18.9 Å². The van der Waals surface area contributed by atoms with Crippen LogP contribution in [-0.4, -0.2) is 76.7 Å². The van der Waals surface area contributed by atoms with Gasteiger partial charge in [0.05, 0.1) is 0 Å². The van der Waals surface area contributed by atoms with Gasteiger partial charge in [-0.1, -0.05) is 0 Å². The molecule has 3 amide bonds. The van der Waals surface area contributed by atoms with E-state index >= 15 is 0 Å². The van der Waals surface area contributed by atoms with Gasteiger partial charge in [-0.2, -0.15) is 0 Å². The van der Waals surface area contributed by atoms with Gasteiger partial charge in [0.25, 0.3) is 0 Å². The second kappa shape index (κ2) is 6.08. The van der Waals surface area contributed by atoms with Crippen LogP contribution >= 0.6 is 0 Å². The number of carboxylic acid groups (broad SMARTS) is 1. The number of nitrogens with one attached hydrogen (secondary N) is 1. The van der Waals surface area contributed by atoms with Gasteiger partial charge in [-0.25, -0.2) is 9.59 Å². The number of piperazine rings is 1. The second-order valence-corrected chi connectivity index (χ2v) is 5.18. The first-order chi connectivity index (χ1) is 9.52. The third-order valence-electron chi connectivity index (χ3n) is 3.81. The van der Waals surface area contributed by atoms with Crippen LogP contribution in [0.2, 0.25) is 0 Å². The molecule has 0 aromatic heterocycles. The third kappa shape index (κ3) is 3.01. The van der Waals surface area contributed by atoms with Crippen molar-refractivity contribution in [1.29, 1.82) is 0 Å². The molecule has 2 fully saturated rings. The average Bonchev–Trinajstić information content (AvgIpc) is 2.86. The molecule has 3 N–H and O–H groups in total. The Morgan fingerprint density at radius 3 is 2.80 bits per heavy atom. The Bertz CT molecular complexity index is 414. The highest BCUT2D eigenvalue weighted by Gasteiger charge is 2.38. The lowest BCUT2D eigenvalue weighted by Crippen LogP contribution is -2.61. The molecule has 0 aromatic rings. The summed E-state index contributed by atoms with van der Waals surface area (Å²) in [5.74, 6) is -1.22. The van der Waals surface area contributed by atoms with E-state index in [0.29, 0.717) is 19.5 Å². The van der Waals surface area contributed by atoms with Gasteiger partial charge in [-0.3, -0.25) is 9.69 Å². The van der Waals surface area contributed by atoms with Crippen molar-refractivity contribution in [2.24, 2.45) is 5.92 Å². The summed E-state index contributed by atoms with van der Waals surface area (Å²) in [5.41, 5.74) is 0. The lowest BCUT2D eigenvalue weighted by Gasteiger charge is -2.35. The summed E-state index contributed by atoms with van der Waals surface area (Å²) >= 11 is 0. The van der Waals surface area contributed by atoms with Crippen LogP contribution in [0.5, 0.6) is 0 Å². The summed E-state index contributed by atoms with van der Waals surface area (Å²) in [6.07, 6.45) is 1.43. The predicted molar refractivity (Wildman–Crippen MR) is 67.9 cm³/mol. The van der Waals surface area contributed by atoms with Gasteiger partial charge in [-0.05, 0) is 18.8 Å². The molecule has 0 bridgehead atoms. The second-order valence-electron chi connectivity index (χ2n) is 5.18. The molecule has 0 radical (unpaired) electrons. The highest BCUT2D eigenvalue weighted by molar-refractivity contribution is 5.90. The monoisotopic (exact) mass is 285 g/mol. The number of urea groups is 1. The zero-order chi connectivity index (χ0) is 14.7. The minimum absolute atomic E-state index is 0.0617. The zero-order valence-electron chi connectivity index (χ0n) is 11.1. The maximum Gasteiger partial charge on any atom is 0.328 e. The Balaban J connectivity index is 2.02. The summed E-state index contributed by atoms with van der Waals surface area (Å²) in [4.78, 5) is 37.6. The highest BCUT2D eigenvalue weighted by Crippen LogP contribution is 2.21. The van der Waals surface area contributed by atoms with E-state index in [-0.39, 0.29) is 31.5 Å². The molecule has 2 unspecified atom stereocenters.